The van der Waals surface area contributed by atoms with Crippen LogP contribution in [0.25, 0.3) is 67.5 Å². The topological polar surface area (TPSA) is 23.3 Å². The van der Waals surface area contributed by atoms with Crippen molar-refractivity contribution in [2.75, 3.05) is 0 Å². The second-order valence-corrected chi connectivity index (χ2v) is 28.9. The van der Waals surface area contributed by atoms with Crippen molar-refractivity contribution in [1.82, 2.24) is 0 Å². The van der Waals surface area contributed by atoms with Crippen LogP contribution in [0.3, 0.4) is 0 Å². The van der Waals surface area contributed by atoms with E-state index in [0.29, 0.717) is 11.3 Å². The number of aromatic nitrogens is 6. The Kier molecular flexibility index (Phi) is 24.1. The van der Waals surface area contributed by atoms with Gasteiger partial charge in [-0.2, -0.15) is 27.4 Å². The SMILES string of the molecule is Cc1cc(C)[n+](C)c(-c2cccc(C)c2C)c1.Cc1ccc(-c2cc(C)cc(C)[n+]2C)c(C)c1.Cc1ccc(C)c(-c2cc(C)cc(C)[n+]2C)c1.Cc1ccc(C)c(-c2cc(C)cc(C)[n+]2C)c1.[2H]C([2H])([2H])c1cc(C)cc(-c2cccc(C)c2C)[n+]1C.[2H]C([2H])([2H])c1ccc(-c2cc(C)cc(C)[n+]2C)c(C)c1. The smallest absolute Gasteiger partial charge is 0.199 e. The molecule has 6 aromatic carbocycles. The molecular formula is C96H120N6+6. The van der Waals surface area contributed by atoms with E-state index >= 15 is 0 Å². The van der Waals surface area contributed by atoms with Gasteiger partial charge in [-0.15, -0.1) is 0 Å². The number of nitrogens with zero attached hydrogens (tertiary/aromatic N) is 6. The van der Waals surface area contributed by atoms with Crippen LogP contribution in [0.15, 0.2) is 182 Å². The van der Waals surface area contributed by atoms with Crippen LogP contribution in [-0.2, 0) is 42.3 Å². The van der Waals surface area contributed by atoms with Crippen molar-refractivity contribution in [2.24, 2.45) is 42.3 Å². The summed E-state index contributed by atoms with van der Waals surface area (Å²) in [5.41, 5.74) is 43.3. The first kappa shape index (κ1) is 70.6. The maximum atomic E-state index is 7.68. The Morgan fingerprint density at radius 3 is 0.745 bits per heavy atom. The largest absolute Gasteiger partial charge is 0.212 e. The molecule has 0 aliphatic rings. The first-order valence-corrected chi connectivity index (χ1v) is 35.7. The van der Waals surface area contributed by atoms with Crippen LogP contribution < -0.4 is 27.4 Å². The maximum Gasteiger partial charge on any atom is 0.212 e. The van der Waals surface area contributed by atoms with Crippen molar-refractivity contribution in [1.29, 1.82) is 0 Å². The highest BCUT2D eigenvalue weighted by atomic mass is 15.0. The molecule has 0 amide bonds. The predicted molar refractivity (Wildman–Crippen MR) is 432 cm³/mol. The van der Waals surface area contributed by atoms with Gasteiger partial charge in [0.1, 0.15) is 42.3 Å². The zero-order chi connectivity index (χ0) is 80.5. The fourth-order valence-corrected chi connectivity index (χ4v) is 13.3. The number of rotatable bonds is 6. The molecule has 12 rings (SSSR count). The van der Waals surface area contributed by atoms with E-state index in [-0.39, 0.29) is 0 Å². The molecule has 102 heavy (non-hydrogen) atoms. The molecule has 0 atom stereocenters. The summed E-state index contributed by atoms with van der Waals surface area (Å²) < 4.78 is 58.4. The lowest BCUT2D eigenvalue weighted by molar-refractivity contribution is -0.666. The molecule has 0 aliphatic heterocycles. The number of hydrogen-bond donors (Lipinski definition) is 0. The summed E-state index contributed by atoms with van der Waals surface area (Å²) >= 11 is 0. The summed E-state index contributed by atoms with van der Waals surface area (Å²) in [6.45, 7) is 42.6. The van der Waals surface area contributed by atoms with Crippen molar-refractivity contribution in [2.45, 2.75) is 166 Å². The molecule has 12 aromatic rings. The minimum Gasteiger partial charge on any atom is -0.199 e. The molecule has 0 radical (unpaired) electrons. The fraction of sp³-hybridized carbons (Fsp3) is 0.312. The zero-order valence-electron chi connectivity index (χ0n) is 73.0. The molecule has 0 aliphatic carbocycles. The quantitative estimate of drug-likeness (QED) is 0.148. The molecular weight excluding hydrogens is 1240 g/mol. The summed E-state index contributed by atoms with van der Waals surface area (Å²) in [5, 5.41) is 0. The Bertz CT molecular complexity index is 5100. The van der Waals surface area contributed by atoms with Crippen LogP contribution in [0.4, 0.5) is 0 Å². The van der Waals surface area contributed by atoms with Crippen LogP contribution >= 0.6 is 0 Å². The van der Waals surface area contributed by atoms with Crippen LogP contribution in [-0.4, -0.2) is 0 Å². The molecule has 0 fully saturated rings. The van der Waals surface area contributed by atoms with E-state index in [1.807, 2.05) is 52.2 Å². The first-order chi connectivity index (χ1) is 50.4. The Balaban J connectivity index is 0.000000181. The van der Waals surface area contributed by atoms with Gasteiger partial charge in [0.2, 0.25) is 34.2 Å². The first-order valence-electron chi connectivity index (χ1n) is 38.7. The second kappa shape index (κ2) is 34.7. The molecule has 0 spiro atoms. The van der Waals surface area contributed by atoms with E-state index in [4.69, 9.17) is 8.22 Å². The van der Waals surface area contributed by atoms with Gasteiger partial charge in [0, 0.05) is 156 Å². The van der Waals surface area contributed by atoms with Crippen molar-refractivity contribution in [3.05, 3.63) is 316 Å². The standard InChI is InChI=1S/6C16H20N/c2*1-11-6-7-13(3)15(9-11)16-10-12(2)8-14(4)17(16)5;2*1-11-6-7-15(13(3)8-11)16-10-12(2)9-14(4)17(16)5;2*1-11-9-13(3)17(5)16(10-11)15-8-6-7-12(2)14(15)4/h6*6-10H,1-5H3/q6*+1/i;;1D3;;3D3;. The molecule has 528 valence electrons. The summed E-state index contributed by atoms with van der Waals surface area (Å²) in [4.78, 5) is 0. The molecule has 0 N–H and O–H groups in total. The average Bonchev–Trinajstić information content (AvgIpc) is 1.04. The van der Waals surface area contributed by atoms with Crippen molar-refractivity contribution < 1.29 is 35.6 Å². The van der Waals surface area contributed by atoms with Gasteiger partial charge in [0.25, 0.3) is 0 Å². The number of pyridine rings is 6. The van der Waals surface area contributed by atoms with Gasteiger partial charge >= 0.3 is 0 Å². The van der Waals surface area contributed by atoms with E-state index in [0.717, 1.165) is 33.6 Å². The van der Waals surface area contributed by atoms with E-state index < -0.39 is 13.7 Å². The molecule has 0 unspecified atom stereocenters. The van der Waals surface area contributed by atoms with Crippen molar-refractivity contribution >= 4 is 0 Å². The highest BCUT2D eigenvalue weighted by molar-refractivity contribution is 5.67. The zero-order valence-corrected chi connectivity index (χ0v) is 67.0. The normalized spacial score (nSPS) is 11.8. The lowest BCUT2D eigenvalue weighted by Crippen LogP contribution is -2.35. The third kappa shape index (κ3) is 19.8. The number of hydrogen-bond acceptors (Lipinski definition) is 0. The van der Waals surface area contributed by atoms with Crippen molar-refractivity contribution in [3.8, 4) is 67.5 Å². The highest BCUT2D eigenvalue weighted by Gasteiger charge is 2.22. The lowest BCUT2D eigenvalue weighted by atomic mass is 9.99. The molecule has 0 saturated heterocycles. The number of benzene rings is 6. The summed E-state index contributed by atoms with van der Waals surface area (Å²) in [6.07, 6.45) is 0. The van der Waals surface area contributed by atoms with Gasteiger partial charge in [-0.05, 0) is 239 Å². The van der Waals surface area contributed by atoms with E-state index in [1.165, 1.54) is 157 Å². The van der Waals surface area contributed by atoms with Gasteiger partial charge in [-0.1, -0.05) is 95.1 Å². The molecule has 6 heterocycles. The minimum absolute atomic E-state index is 0.369. The molecule has 0 saturated carbocycles. The average molecular weight is 1360 g/mol. The van der Waals surface area contributed by atoms with E-state index in [2.05, 4.69) is 329 Å². The van der Waals surface area contributed by atoms with E-state index in [1.54, 1.807) is 22.8 Å². The Hall–Kier alpha value is -9.78. The molecule has 6 nitrogen and oxygen atoms in total. The summed E-state index contributed by atoms with van der Waals surface area (Å²) in [6, 6.07) is 63.8. The third-order valence-electron chi connectivity index (χ3n) is 20.2. The van der Waals surface area contributed by atoms with Crippen LogP contribution in [0, 0.1) is 166 Å². The lowest BCUT2D eigenvalue weighted by Gasteiger charge is -2.09. The van der Waals surface area contributed by atoms with Crippen LogP contribution in [0.2, 0.25) is 0 Å². The summed E-state index contributed by atoms with van der Waals surface area (Å²) in [7, 11) is 12.4. The number of aryl methyl sites for hydroxylation is 22. The van der Waals surface area contributed by atoms with Gasteiger partial charge in [0.15, 0.2) is 34.2 Å². The highest BCUT2D eigenvalue weighted by Crippen LogP contribution is 2.29. The molecule has 0 bridgehead atoms. The van der Waals surface area contributed by atoms with Gasteiger partial charge in [-0.3, -0.25) is 0 Å². The molecule has 6 heteroatoms. The Labute approximate surface area is 624 Å². The maximum absolute atomic E-state index is 7.68. The minimum atomic E-state index is -2.10. The predicted octanol–water partition coefficient (Wildman–Crippen LogP) is 20.5. The van der Waals surface area contributed by atoms with E-state index in [9.17, 15) is 0 Å². The monoisotopic (exact) mass is 1360 g/mol. The van der Waals surface area contributed by atoms with Crippen LogP contribution in [0.5, 0.6) is 0 Å². The molecule has 6 aromatic heterocycles. The Morgan fingerprint density at radius 2 is 0.441 bits per heavy atom. The van der Waals surface area contributed by atoms with Gasteiger partial charge in [-0.25, -0.2) is 0 Å². The fourth-order valence-electron chi connectivity index (χ4n) is 13.3. The second-order valence-electron chi connectivity index (χ2n) is 28.9. The third-order valence-corrected chi connectivity index (χ3v) is 20.2. The van der Waals surface area contributed by atoms with Crippen LogP contribution in [0.1, 0.15) is 143 Å². The Morgan fingerprint density at radius 1 is 0.186 bits per heavy atom. The summed E-state index contributed by atoms with van der Waals surface area (Å²) in [5.74, 6) is 0. The van der Waals surface area contributed by atoms with Gasteiger partial charge < -0.3 is 0 Å². The van der Waals surface area contributed by atoms with Crippen molar-refractivity contribution in [3.63, 3.8) is 0 Å². The van der Waals surface area contributed by atoms with Gasteiger partial charge in [0.05, 0.1) is 0 Å².